The molecule has 1 nitrogen and oxygen atoms in total. The molecule has 0 fully saturated rings. The van der Waals surface area contributed by atoms with Crippen molar-refractivity contribution in [3.63, 3.8) is 0 Å². The number of rotatable bonds is 1. The fourth-order valence-corrected chi connectivity index (χ4v) is 1.19. The monoisotopic (exact) mass is 151 g/mol. The molecule has 11 heavy (non-hydrogen) atoms. The molecule has 0 radical (unpaired) electrons. The standard InChI is InChI=1S/C10H17N/c1-10(2,3)11-9-7-5-4-6-8-9/h4-5,7,11H,6,8H2,1-3H3. The third-order valence-electron chi connectivity index (χ3n) is 1.55. The molecule has 1 aliphatic rings. The summed E-state index contributed by atoms with van der Waals surface area (Å²) in [7, 11) is 0. The molecular weight excluding hydrogens is 134 g/mol. The summed E-state index contributed by atoms with van der Waals surface area (Å²) in [5.74, 6) is 0. The first-order valence-electron chi connectivity index (χ1n) is 4.22. The number of hydrogen-bond acceptors (Lipinski definition) is 1. The van der Waals surface area contributed by atoms with Crippen LogP contribution in [0.25, 0.3) is 0 Å². The van der Waals surface area contributed by atoms with E-state index in [1.165, 1.54) is 12.1 Å². The van der Waals surface area contributed by atoms with Gasteiger partial charge in [0.2, 0.25) is 0 Å². The van der Waals surface area contributed by atoms with Gasteiger partial charge in [0.15, 0.2) is 0 Å². The predicted molar refractivity (Wildman–Crippen MR) is 49.3 cm³/mol. The second kappa shape index (κ2) is 3.12. The number of hydrogen-bond donors (Lipinski definition) is 1. The van der Waals surface area contributed by atoms with Crippen molar-refractivity contribution in [3.8, 4) is 0 Å². The van der Waals surface area contributed by atoms with Gasteiger partial charge in [0.1, 0.15) is 0 Å². The van der Waals surface area contributed by atoms with Gasteiger partial charge in [0, 0.05) is 11.2 Å². The third kappa shape index (κ3) is 3.26. The maximum atomic E-state index is 3.47. The predicted octanol–water partition coefficient (Wildman–Crippen LogP) is 2.61. The summed E-state index contributed by atoms with van der Waals surface area (Å²) >= 11 is 0. The molecule has 1 N–H and O–H groups in total. The van der Waals surface area contributed by atoms with E-state index < -0.39 is 0 Å². The Kier molecular flexibility index (Phi) is 2.38. The van der Waals surface area contributed by atoms with E-state index in [0.29, 0.717) is 0 Å². The van der Waals surface area contributed by atoms with Crippen molar-refractivity contribution in [2.75, 3.05) is 0 Å². The molecule has 0 atom stereocenters. The largest absolute Gasteiger partial charge is 0.384 e. The SMILES string of the molecule is CC(C)(C)NC1=CC=CCC1. The highest BCUT2D eigenvalue weighted by molar-refractivity contribution is 5.17. The van der Waals surface area contributed by atoms with E-state index >= 15 is 0 Å². The van der Waals surface area contributed by atoms with Crippen molar-refractivity contribution < 1.29 is 0 Å². The van der Waals surface area contributed by atoms with Gasteiger partial charge in [0.05, 0.1) is 0 Å². The molecule has 0 heterocycles. The van der Waals surface area contributed by atoms with Crippen molar-refractivity contribution >= 4 is 0 Å². The zero-order valence-corrected chi connectivity index (χ0v) is 7.65. The summed E-state index contributed by atoms with van der Waals surface area (Å²) in [5.41, 5.74) is 1.57. The van der Waals surface area contributed by atoms with Gasteiger partial charge in [-0.05, 0) is 39.7 Å². The van der Waals surface area contributed by atoms with Crippen LogP contribution in [0.15, 0.2) is 23.9 Å². The normalized spacial score (nSPS) is 17.9. The first kappa shape index (κ1) is 8.38. The van der Waals surface area contributed by atoms with Gasteiger partial charge in [-0.15, -0.1) is 0 Å². The summed E-state index contributed by atoms with van der Waals surface area (Å²) in [6, 6.07) is 0. The molecule has 1 aliphatic carbocycles. The van der Waals surface area contributed by atoms with Gasteiger partial charge in [-0.3, -0.25) is 0 Å². The van der Waals surface area contributed by atoms with E-state index in [-0.39, 0.29) is 5.54 Å². The van der Waals surface area contributed by atoms with Crippen molar-refractivity contribution in [1.82, 2.24) is 5.32 Å². The Hall–Kier alpha value is -0.720. The van der Waals surface area contributed by atoms with Crippen LogP contribution >= 0.6 is 0 Å². The maximum absolute atomic E-state index is 3.47. The smallest absolute Gasteiger partial charge is 0.0286 e. The lowest BCUT2D eigenvalue weighted by Gasteiger charge is -2.25. The van der Waals surface area contributed by atoms with Crippen LogP contribution in [-0.4, -0.2) is 5.54 Å². The maximum Gasteiger partial charge on any atom is 0.0286 e. The van der Waals surface area contributed by atoms with E-state index in [1.54, 1.807) is 0 Å². The highest BCUT2D eigenvalue weighted by atomic mass is 15.0. The van der Waals surface area contributed by atoms with E-state index in [9.17, 15) is 0 Å². The van der Waals surface area contributed by atoms with Crippen molar-refractivity contribution in [2.45, 2.75) is 39.2 Å². The molecule has 0 saturated carbocycles. The highest BCUT2D eigenvalue weighted by Crippen LogP contribution is 2.12. The minimum absolute atomic E-state index is 0.205. The summed E-state index contributed by atoms with van der Waals surface area (Å²) in [4.78, 5) is 0. The van der Waals surface area contributed by atoms with Crippen LogP contribution in [0.4, 0.5) is 0 Å². The van der Waals surface area contributed by atoms with Gasteiger partial charge in [-0.1, -0.05) is 12.2 Å². The minimum Gasteiger partial charge on any atom is -0.384 e. The van der Waals surface area contributed by atoms with E-state index in [4.69, 9.17) is 0 Å². The minimum atomic E-state index is 0.205. The van der Waals surface area contributed by atoms with Crippen LogP contribution in [0.3, 0.4) is 0 Å². The Morgan fingerprint density at radius 2 is 2.09 bits per heavy atom. The molecule has 1 heteroatoms. The second-order valence-corrected chi connectivity index (χ2v) is 4.03. The molecule has 0 aromatic heterocycles. The number of allylic oxidation sites excluding steroid dienone is 4. The van der Waals surface area contributed by atoms with Gasteiger partial charge in [-0.2, -0.15) is 0 Å². The molecule has 0 unspecified atom stereocenters. The second-order valence-electron chi connectivity index (χ2n) is 4.03. The van der Waals surface area contributed by atoms with Crippen molar-refractivity contribution in [1.29, 1.82) is 0 Å². The van der Waals surface area contributed by atoms with Crippen LogP contribution in [-0.2, 0) is 0 Å². The molecule has 1 rings (SSSR count). The van der Waals surface area contributed by atoms with E-state index in [1.807, 2.05) is 0 Å². The first-order chi connectivity index (χ1) is 5.08. The molecule has 62 valence electrons. The van der Waals surface area contributed by atoms with Crippen LogP contribution in [0.5, 0.6) is 0 Å². The van der Waals surface area contributed by atoms with Crippen LogP contribution < -0.4 is 5.32 Å². The van der Waals surface area contributed by atoms with E-state index in [2.05, 4.69) is 44.3 Å². The van der Waals surface area contributed by atoms with E-state index in [0.717, 1.165) is 6.42 Å². The molecule has 0 saturated heterocycles. The van der Waals surface area contributed by atoms with Crippen molar-refractivity contribution in [2.24, 2.45) is 0 Å². The molecule has 0 spiro atoms. The zero-order chi connectivity index (χ0) is 8.32. The molecule has 0 amide bonds. The summed E-state index contributed by atoms with van der Waals surface area (Å²) in [5, 5.41) is 3.47. The lowest BCUT2D eigenvalue weighted by Crippen LogP contribution is -2.35. The van der Waals surface area contributed by atoms with Crippen LogP contribution in [0, 0.1) is 0 Å². The average Bonchev–Trinajstić information content (AvgIpc) is 1.85. The lowest BCUT2D eigenvalue weighted by molar-refractivity contribution is 0.463. The highest BCUT2D eigenvalue weighted by Gasteiger charge is 2.10. The Labute approximate surface area is 69.2 Å². The Morgan fingerprint density at radius 1 is 1.36 bits per heavy atom. The third-order valence-corrected chi connectivity index (χ3v) is 1.55. The topological polar surface area (TPSA) is 12.0 Å². The van der Waals surface area contributed by atoms with Crippen LogP contribution in [0.2, 0.25) is 0 Å². The fourth-order valence-electron chi connectivity index (χ4n) is 1.19. The molecule has 0 bridgehead atoms. The Morgan fingerprint density at radius 3 is 2.55 bits per heavy atom. The first-order valence-corrected chi connectivity index (χ1v) is 4.22. The fraction of sp³-hybridized carbons (Fsp3) is 0.600. The van der Waals surface area contributed by atoms with Gasteiger partial charge in [-0.25, -0.2) is 0 Å². The molecular formula is C10H17N. The molecule has 0 aromatic carbocycles. The number of nitrogens with one attached hydrogen (secondary N) is 1. The Balaban J connectivity index is 2.49. The quantitative estimate of drug-likeness (QED) is 0.607. The van der Waals surface area contributed by atoms with Crippen molar-refractivity contribution in [3.05, 3.63) is 23.9 Å². The summed E-state index contributed by atoms with van der Waals surface area (Å²) < 4.78 is 0. The Bertz CT molecular complexity index is 182. The van der Waals surface area contributed by atoms with Gasteiger partial charge >= 0.3 is 0 Å². The van der Waals surface area contributed by atoms with Gasteiger partial charge in [0.25, 0.3) is 0 Å². The zero-order valence-electron chi connectivity index (χ0n) is 7.65. The average molecular weight is 151 g/mol. The summed E-state index contributed by atoms with van der Waals surface area (Å²) in [6.07, 6.45) is 8.82. The molecule has 0 aromatic rings. The molecule has 0 aliphatic heterocycles. The van der Waals surface area contributed by atoms with Crippen LogP contribution in [0.1, 0.15) is 33.6 Å². The lowest BCUT2D eigenvalue weighted by atomic mass is 10.1. The summed E-state index contributed by atoms with van der Waals surface area (Å²) in [6.45, 7) is 6.56. The van der Waals surface area contributed by atoms with Gasteiger partial charge < -0.3 is 5.32 Å².